The van der Waals surface area contributed by atoms with E-state index in [4.69, 9.17) is 4.55 Å². The number of aryl methyl sites for hydroxylation is 2. The first-order valence-corrected chi connectivity index (χ1v) is 10.3. The van der Waals surface area contributed by atoms with Crippen molar-refractivity contribution in [2.24, 2.45) is 0 Å². The molecule has 2 heterocycles. The standard InChI is InChI=1S/C14H16N2.C7H8O3S/c1-10-3-2-4-12-9-13(16-14(10)12)11-5-7-15-8-6-11;1-6-2-4-7(5-3-6)11(8,9)10/h2-5,9,15-16H,6-8H2,1H3;2-5H,1H3,(H,8,9,10). The van der Waals surface area contributed by atoms with Crippen molar-refractivity contribution >= 4 is 26.6 Å². The number of nitrogens with one attached hydrogen (secondary N) is 2. The molecule has 0 radical (unpaired) electrons. The molecule has 27 heavy (non-hydrogen) atoms. The summed E-state index contributed by atoms with van der Waals surface area (Å²) in [5.41, 5.74) is 6.27. The summed E-state index contributed by atoms with van der Waals surface area (Å²) in [6, 6.07) is 14.7. The van der Waals surface area contributed by atoms with Crippen molar-refractivity contribution < 1.29 is 13.0 Å². The fourth-order valence-corrected chi connectivity index (χ4v) is 3.54. The van der Waals surface area contributed by atoms with Crippen LogP contribution < -0.4 is 5.32 Å². The van der Waals surface area contributed by atoms with E-state index in [-0.39, 0.29) is 4.90 Å². The third-order valence-electron chi connectivity index (χ3n) is 4.59. The zero-order chi connectivity index (χ0) is 19.4. The average Bonchev–Trinajstić information content (AvgIpc) is 3.08. The Morgan fingerprint density at radius 1 is 1.04 bits per heavy atom. The first kappa shape index (κ1) is 19.4. The monoisotopic (exact) mass is 384 g/mol. The minimum Gasteiger partial charge on any atom is -0.355 e. The van der Waals surface area contributed by atoms with Crippen molar-refractivity contribution in [2.45, 2.75) is 25.2 Å². The fourth-order valence-electron chi connectivity index (χ4n) is 3.06. The van der Waals surface area contributed by atoms with Gasteiger partial charge in [-0.15, -0.1) is 0 Å². The molecule has 0 aliphatic carbocycles. The Bertz CT molecular complexity index is 1060. The number of aromatic nitrogens is 1. The highest BCUT2D eigenvalue weighted by Crippen LogP contribution is 2.25. The van der Waals surface area contributed by atoms with E-state index < -0.39 is 10.1 Å². The number of aromatic amines is 1. The second kappa shape index (κ2) is 8.08. The molecule has 3 N–H and O–H groups in total. The van der Waals surface area contributed by atoms with Gasteiger partial charge in [-0.1, -0.05) is 42.0 Å². The topological polar surface area (TPSA) is 82.2 Å². The van der Waals surface area contributed by atoms with Crippen LogP contribution in [0.1, 0.15) is 23.2 Å². The summed E-state index contributed by atoms with van der Waals surface area (Å²) in [6.07, 6.45) is 3.40. The van der Waals surface area contributed by atoms with Gasteiger partial charge in [-0.3, -0.25) is 4.55 Å². The van der Waals surface area contributed by atoms with E-state index in [9.17, 15) is 8.42 Å². The fraction of sp³-hybridized carbons (Fsp3) is 0.238. The Balaban J connectivity index is 0.000000168. The van der Waals surface area contributed by atoms with Crippen LogP contribution in [0, 0.1) is 13.8 Å². The van der Waals surface area contributed by atoms with E-state index in [1.165, 1.54) is 39.9 Å². The molecule has 3 aromatic rings. The van der Waals surface area contributed by atoms with Gasteiger partial charge in [0.25, 0.3) is 10.1 Å². The molecule has 1 aliphatic rings. The Morgan fingerprint density at radius 3 is 2.37 bits per heavy atom. The van der Waals surface area contributed by atoms with Gasteiger partial charge in [-0.05, 0) is 56.1 Å². The predicted molar refractivity (Wildman–Crippen MR) is 109 cm³/mol. The van der Waals surface area contributed by atoms with E-state index in [2.05, 4.69) is 47.6 Å². The van der Waals surface area contributed by atoms with Gasteiger partial charge in [-0.2, -0.15) is 8.42 Å². The number of fused-ring (bicyclic) bond motifs is 1. The number of hydrogen-bond acceptors (Lipinski definition) is 3. The Hall–Kier alpha value is -2.41. The maximum Gasteiger partial charge on any atom is 0.294 e. The van der Waals surface area contributed by atoms with Crippen LogP contribution in [0.15, 0.2) is 59.5 Å². The van der Waals surface area contributed by atoms with Crippen LogP contribution in [0.2, 0.25) is 0 Å². The second-order valence-corrected chi connectivity index (χ2v) is 8.12. The molecule has 6 heteroatoms. The van der Waals surface area contributed by atoms with Gasteiger partial charge >= 0.3 is 0 Å². The molecule has 0 saturated carbocycles. The molecule has 142 valence electrons. The van der Waals surface area contributed by atoms with Crippen molar-refractivity contribution in [1.82, 2.24) is 10.3 Å². The van der Waals surface area contributed by atoms with Gasteiger partial charge in [0, 0.05) is 23.1 Å². The lowest BCUT2D eigenvalue weighted by Crippen LogP contribution is -2.20. The molecule has 0 atom stereocenters. The Kier molecular flexibility index (Phi) is 5.79. The predicted octanol–water partition coefficient (Wildman–Crippen LogP) is 4.09. The van der Waals surface area contributed by atoms with Crippen molar-refractivity contribution in [3.8, 4) is 0 Å². The molecule has 4 rings (SSSR count). The number of hydrogen-bond donors (Lipinski definition) is 3. The molecular weight excluding hydrogens is 360 g/mol. The molecule has 0 bridgehead atoms. The number of benzene rings is 2. The third-order valence-corrected chi connectivity index (χ3v) is 5.46. The molecule has 5 nitrogen and oxygen atoms in total. The molecular formula is C21H24N2O3S. The van der Waals surface area contributed by atoms with Crippen molar-refractivity contribution in [3.05, 3.63) is 71.4 Å². The smallest absolute Gasteiger partial charge is 0.294 e. The van der Waals surface area contributed by atoms with Crippen LogP contribution in [-0.2, 0) is 10.1 Å². The van der Waals surface area contributed by atoms with Crippen molar-refractivity contribution in [2.75, 3.05) is 13.1 Å². The Morgan fingerprint density at radius 2 is 1.78 bits per heavy atom. The van der Waals surface area contributed by atoms with Crippen LogP contribution in [-0.4, -0.2) is 31.0 Å². The lowest BCUT2D eigenvalue weighted by atomic mass is 10.1. The maximum absolute atomic E-state index is 10.5. The van der Waals surface area contributed by atoms with E-state index in [0.29, 0.717) is 0 Å². The first-order chi connectivity index (χ1) is 12.8. The zero-order valence-electron chi connectivity index (χ0n) is 15.5. The summed E-state index contributed by atoms with van der Waals surface area (Å²) in [5.74, 6) is 0. The molecule has 1 aliphatic heterocycles. The first-order valence-electron chi connectivity index (χ1n) is 8.87. The SMILES string of the molecule is Cc1ccc(S(=O)(=O)O)cc1.Cc1cccc2cc(C3=CCNCC3)[nH]c12. The maximum atomic E-state index is 10.5. The quantitative estimate of drug-likeness (QED) is 0.581. The van der Waals surface area contributed by atoms with E-state index in [0.717, 1.165) is 25.1 Å². The summed E-state index contributed by atoms with van der Waals surface area (Å²) in [7, 11) is -4.02. The van der Waals surface area contributed by atoms with E-state index in [1.54, 1.807) is 12.1 Å². The molecule has 1 aromatic heterocycles. The van der Waals surface area contributed by atoms with Gasteiger partial charge in [0.15, 0.2) is 0 Å². The van der Waals surface area contributed by atoms with Gasteiger partial charge in [0.05, 0.1) is 4.90 Å². The molecule has 0 unspecified atom stereocenters. The summed E-state index contributed by atoms with van der Waals surface area (Å²) < 4.78 is 29.6. The summed E-state index contributed by atoms with van der Waals surface area (Å²) >= 11 is 0. The highest BCUT2D eigenvalue weighted by Gasteiger charge is 2.09. The zero-order valence-corrected chi connectivity index (χ0v) is 16.3. The second-order valence-electron chi connectivity index (χ2n) is 6.69. The number of rotatable bonds is 2. The Labute approximate surface area is 159 Å². The third kappa shape index (κ3) is 4.86. The lowest BCUT2D eigenvalue weighted by Gasteiger charge is -2.12. The summed E-state index contributed by atoms with van der Waals surface area (Å²) in [5, 5.41) is 4.65. The molecule has 0 saturated heterocycles. The van der Waals surface area contributed by atoms with Gasteiger partial charge < -0.3 is 10.3 Å². The van der Waals surface area contributed by atoms with Gasteiger partial charge in [-0.25, -0.2) is 0 Å². The lowest BCUT2D eigenvalue weighted by molar-refractivity contribution is 0.483. The largest absolute Gasteiger partial charge is 0.355 e. The molecule has 0 amide bonds. The van der Waals surface area contributed by atoms with Crippen LogP contribution in [0.4, 0.5) is 0 Å². The summed E-state index contributed by atoms with van der Waals surface area (Å²) in [4.78, 5) is 3.47. The van der Waals surface area contributed by atoms with E-state index >= 15 is 0 Å². The molecule has 0 spiro atoms. The highest BCUT2D eigenvalue weighted by atomic mass is 32.2. The van der Waals surface area contributed by atoms with Crippen molar-refractivity contribution in [1.29, 1.82) is 0 Å². The number of H-pyrrole nitrogens is 1. The minimum atomic E-state index is -4.02. The average molecular weight is 385 g/mol. The van der Waals surface area contributed by atoms with Gasteiger partial charge in [0.2, 0.25) is 0 Å². The van der Waals surface area contributed by atoms with Crippen LogP contribution in [0.3, 0.4) is 0 Å². The normalized spacial score (nSPS) is 14.4. The number of para-hydroxylation sites is 1. The summed E-state index contributed by atoms with van der Waals surface area (Å²) in [6.45, 7) is 6.07. The van der Waals surface area contributed by atoms with Crippen LogP contribution in [0.5, 0.6) is 0 Å². The van der Waals surface area contributed by atoms with Gasteiger partial charge in [0.1, 0.15) is 0 Å². The van der Waals surface area contributed by atoms with E-state index in [1.807, 2.05) is 6.92 Å². The van der Waals surface area contributed by atoms with Crippen molar-refractivity contribution in [3.63, 3.8) is 0 Å². The molecule has 2 aromatic carbocycles. The van der Waals surface area contributed by atoms with Crippen LogP contribution >= 0.6 is 0 Å². The molecule has 0 fully saturated rings. The highest BCUT2D eigenvalue weighted by molar-refractivity contribution is 7.85. The van der Waals surface area contributed by atoms with Crippen LogP contribution in [0.25, 0.3) is 16.5 Å². The minimum absolute atomic E-state index is 0.0666.